The Labute approximate surface area is 160 Å². The van der Waals surface area contributed by atoms with Crippen LogP contribution in [0.25, 0.3) is 0 Å². The van der Waals surface area contributed by atoms with Crippen LogP contribution in [0.2, 0.25) is 0 Å². The molecule has 1 aromatic rings. The van der Waals surface area contributed by atoms with Gasteiger partial charge < -0.3 is 19.6 Å². The summed E-state index contributed by atoms with van der Waals surface area (Å²) in [5.74, 6) is 0.814. The van der Waals surface area contributed by atoms with Crippen LogP contribution >= 0.6 is 24.0 Å². The Balaban J connectivity index is 0.00000288. The summed E-state index contributed by atoms with van der Waals surface area (Å²) < 4.78 is 4.87. The van der Waals surface area contributed by atoms with E-state index in [1.54, 1.807) is 25.3 Å². The van der Waals surface area contributed by atoms with Crippen LogP contribution in [0.4, 0.5) is 0 Å². The van der Waals surface area contributed by atoms with Gasteiger partial charge in [-0.05, 0) is 6.92 Å². The fourth-order valence-corrected chi connectivity index (χ4v) is 2.38. The van der Waals surface area contributed by atoms with E-state index in [2.05, 4.69) is 25.3 Å². The van der Waals surface area contributed by atoms with Gasteiger partial charge in [-0.3, -0.25) is 9.69 Å². The minimum Gasteiger partial charge on any atom is -0.364 e. The molecule has 1 N–H and O–H groups in total. The zero-order valence-corrected chi connectivity index (χ0v) is 16.9. The SMILES string of the molecule is CCNC(=NCC(=O)N(C)C)N1CCN(Cc2ccon2)CC1.I. The largest absolute Gasteiger partial charge is 0.364 e. The molecule has 8 nitrogen and oxygen atoms in total. The number of guanidine groups is 1. The second-order valence-electron chi connectivity index (χ2n) is 5.71. The lowest BCUT2D eigenvalue weighted by atomic mass is 10.3. The third-order valence-electron chi connectivity index (χ3n) is 3.75. The summed E-state index contributed by atoms with van der Waals surface area (Å²) in [5.41, 5.74) is 0.954. The number of halogens is 1. The highest BCUT2D eigenvalue weighted by Gasteiger charge is 2.20. The van der Waals surface area contributed by atoms with E-state index in [4.69, 9.17) is 4.52 Å². The summed E-state index contributed by atoms with van der Waals surface area (Å²) in [6, 6.07) is 1.89. The molecule has 2 heterocycles. The van der Waals surface area contributed by atoms with Gasteiger partial charge in [-0.15, -0.1) is 24.0 Å². The normalized spacial score (nSPS) is 15.8. The highest BCUT2D eigenvalue weighted by molar-refractivity contribution is 14.0. The number of piperazine rings is 1. The van der Waals surface area contributed by atoms with E-state index in [0.29, 0.717) is 0 Å². The number of amides is 1. The molecule has 136 valence electrons. The van der Waals surface area contributed by atoms with E-state index in [1.807, 2.05) is 13.0 Å². The van der Waals surface area contributed by atoms with Crippen LogP contribution in [-0.4, -0.2) is 85.1 Å². The van der Waals surface area contributed by atoms with Gasteiger partial charge in [0.15, 0.2) is 5.96 Å². The molecular weight excluding hydrogens is 423 g/mol. The summed E-state index contributed by atoms with van der Waals surface area (Å²) in [6.45, 7) is 7.40. The minimum atomic E-state index is 0. The smallest absolute Gasteiger partial charge is 0.243 e. The zero-order chi connectivity index (χ0) is 16.7. The predicted molar refractivity (Wildman–Crippen MR) is 103 cm³/mol. The number of nitrogens with zero attached hydrogens (tertiary/aromatic N) is 5. The molecule has 0 aromatic carbocycles. The van der Waals surface area contributed by atoms with Crippen LogP contribution in [0.5, 0.6) is 0 Å². The van der Waals surface area contributed by atoms with Crippen molar-refractivity contribution in [3.05, 3.63) is 18.0 Å². The molecule has 0 radical (unpaired) electrons. The van der Waals surface area contributed by atoms with Gasteiger partial charge in [0.1, 0.15) is 12.8 Å². The first kappa shape index (κ1) is 20.7. The van der Waals surface area contributed by atoms with Crippen molar-refractivity contribution >= 4 is 35.8 Å². The number of aliphatic imine (C=N–C) groups is 1. The Morgan fingerprint density at radius 2 is 2.08 bits per heavy atom. The molecule has 1 amide bonds. The molecule has 0 aliphatic carbocycles. The summed E-state index contributed by atoms with van der Waals surface area (Å²) in [7, 11) is 3.49. The third-order valence-corrected chi connectivity index (χ3v) is 3.75. The van der Waals surface area contributed by atoms with Gasteiger partial charge in [0, 0.05) is 59.4 Å². The van der Waals surface area contributed by atoms with E-state index < -0.39 is 0 Å². The molecule has 1 fully saturated rings. The maximum absolute atomic E-state index is 11.7. The van der Waals surface area contributed by atoms with Crippen molar-refractivity contribution in [1.29, 1.82) is 0 Å². The Hall–Kier alpha value is -1.36. The first-order valence-electron chi connectivity index (χ1n) is 7.95. The third kappa shape index (κ3) is 6.27. The number of carbonyl (C=O) groups excluding carboxylic acids is 1. The van der Waals surface area contributed by atoms with Crippen molar-refractivity contribution in [2.24, 2.45) is 4.99 Å². The van der Waals surface area contributed by atoms with Crippen molar-refractivity contribution in [1.82, 2.24) is 25.2 Å². The van der Waals surface area contributed by atoms with Crippen LogP contribution in [0.3, 0.4) is 0 Å². The van der Waals surface area contributed by atoms with Gasteiger partial charge in [0.2, 0.25) is 5.91 Å². The first-order valence-corrected chi connectivity index (χ1v) is 7.95. The number of nitrogens with one attached hydrogen (secondary N) is 1. The molecular formula is C15H27IN6O2. The highest BCUT2D eigenvalue weighted by Crippen LogP contribution is 2.07. The van der Waals surface area contributed by atoms with E-state index in [1.165, 1.54) is 0 Å². The Kier molecular flexibility index (Phi) is 9.04. The van der Waals surface area contributed by atoms with E-state index >= 15 is 0 Å². The standard InChI is InChI=1S/C15H26N6O2.HI/c1-4-16-15(17-11-14(22)19(2)3)21-8-6-20(7-9-21)12-13-5-10-23-18-13;/h5,10H,4,6-9,11-12H2,1-3H3,(H,16,17);1H. The van der Waals surface area contributed by atoms with Gasteiger partial charge in [0.25, 0.3) is 0 Å². The van der Waals surface area contributed by atoms with Gasteiger partial charge in [0.05, 0.1) is 5.69 Å². The van der Waals surface area contributed by atoms with Crippen molar-refractivity contribution in [3.63, 3.8) is 0 Å². The maximum Gasteiger partial charge on any atom is 0.243 e. The van der Waals surface area contributed by atoms with Gasteiger partial charge in [-0.25, -0.2) is 4.99 Å². The molecule has 0 saturated carbocycles. The molecule has 0 atom stereocenters. The summed E-state index contributed by atoms with van der Waals surface area (Å²) in [4.78, 5) is 22.3. The minimum absolute atomic E-state index is 0. The molecule has 9 heteroatoms. The molecule has 0 unspecified atom stereocenters. The second-order valence-corrected chi connectivity index (χ2v) is 5.71. The topological polar surface area (TPSA) is 77.2 Å². The summed E-state index contributed by atoms with van der Waals surface area (Å²) in [6.07, 6.45) is 1.60. The van der Waals surface area contributed by atoms with Crippen molar-refractivity contribution in [2.75, 3.05) is 53.4 Å². The molecule has 1 aliphatic heterocycles. The Bertz CT molecular complexity index is 512. The van der Waals surface area contributed by atoms with Crippen molar-refractivity contribution in [3.8, 4) is 0 Å². The molecule has 0 spiro atoms. The van der Waals surface area contributed by atoms with Gasteiger partial charge in [-0.1, -0.05) is 5.16 Å². The van der Waals surface area contributed by atoms with Crippen LogP contribution in [0.15, 0.2) is 21.8 Å². The predicted octanol–water partition coefficient (Wildman–Crippen LogP) is 0.464. The first-order chi connectivity index (χ1) is 11.1. The monoisotopic (exact) mass is 450 g/mol. The zero-order valence-electron chi connectivity index (χ0n) is 14.6. The lowest BCUT2D eigenvalue weighted by Crippen LogP contribution is -2.52. The lowest BCUT2D eigenvalue weighted by molar-refractivity contribution is -0.127. The van der Waals surface area contributed by atoms with E-state index in [-0.39, 0.29) is 36.4 Å². The fourth-order valence-electron chi connectivity index (χ4n) is 2.38. The van der Waals surface area contributed by atoms with Crippen LogP contribution < -0.4 is 5.32 Å². The van der Waals surface area contributed by atoms with Gasteiger partial charge >= 0.3 is 0 Å². The van der Waals surface area contributed by atoms with Crippen molar-refractivity contribution in [2.45, 2.75) is 13.5 Å². The van der Waals surface area contributed by atoms with Gasteiger partial charge in [-0.2, -0.15) is 0 Å². The second kappa shape index (κ2) is 10.5. The van der Waals surface area contributed by atoms with Crippen LogP contribution in [0, 0.1) is 0 Å². The number of likely N-dealkylation sites (N-methyl/N-ethyl adjacent to an activating group) is 1. The number of carbonyl (C=O) groups is 1. The maximum atomic E-state index is 11.7. The fraction of sp³-hybridized carbons (Fsp3) is 0.667. The quantitative estimate of drug-likeness (QED) is 0.399. The summed E-state index contributed by atoms with van der Waals surface area (Å²) in [5, 5.41) is 7.22. The van der Waals surface area contributed by atoms with E-state index in [0.717, 1.165) is 50.9 Å². The molecule has 0 bridgehead atoms. The van der Waals surface area contributed by atoms with E-state index in [9.17, 15) is 4.79 Å². The molecule has 1 aliphatic rings. The average molecular weight is 450 g/mol. The number of rotatable bonds is 5. The number of hydrogen-bond acceptors (Lipinski definition) is 5. The molecule has 1 aromatic heterocycles. The number of hydrogen-bond donors (Lipinski definition) is 1. The highest BCUT2D eigenvalue weighted by atomic mass is 127. The number of aromatic nitrogens is 1. The molecule has 24 heavy (non-hydrogen) atoms. The molecule has 1 saturated heterocycles. The van der Waals surface area contributed by atoms with Crippen molar-refractivity contribution < 1.29 is 9.32 Å². The molecule has 2 rings (SSSR count). The van der Waals surface area contributed by atoms with Crippen LogP contribution in [-0.2, 0) is 11.3 Å². The Morgan fingerprint density at radius 1 is 1.38 bits per heavy atom. The lowest BCUT2D eigenvalue weighted by Gasteiger charge is -2.36. The summed E-state index contributed by atoms with van der Waals surface area (Å²) >= 11 is 0. The Morgan fingerprint density at radius 3 is 2.62 bits per heavy atom. The average Bonchev–Trinajstić information content (AvgIpc) is 3.05. The van der Waals surface area contributed by atoms with Crippen LogP contribution in [0.1, 0.15) is 12.6 Å².